The molecule has 7 nitrogen and oxygen atoms in total. The van der Waals surface area contributed by atoms with E-state index in [1.165, 1.54) is 24.5 Å². The van der Waals surface area contributed by atoms with Crippen LogP contribution in [0.3, 0.4) is 0 Å². The van der Waals surface area contributed by atoms with Gasteiger partial charge in [-0.15, -0.1) is 10.2 Å². The first-order valence-corrected chi connectivity index (χ1v) is 7.55. The summed E-state index contributed by atoms with van der Waals surface area (Å²) in [5.74, 6) is 0.523. The van der Waals surface area contributed by atoms with E-state index in [4.69, 9.17) is 5.73 Å². The number of rotatable bonds is 4. The predicted molar refractivity (Wildman–Crippen MR) is 73.6 cm³/mol. The molecule has 1 aromatic heterocycles. The standard InChI is InChI=1S/C10H12BrN5O2S/c1-16-6-13-15-10(16)5-14-19(17,18)9-3-2-7(12)4-8(9)11/h2-4,6,14H,5,12H2,1H3. The van der Waals surface area contributed by atoms with Gasteiger partial charge in [-0.3, -0.25) is 0 Å². The zero-order valence-corrected chi connectivity index (χ0v) is 12.4. The number of halogens is 1. The third-order valence-electron chi connectivity index (χ3n) is 2.47. The van der Waals surface area contributed by atoms with E-state index in [1.54, 1.807) is 11.6 Å². The van der Waals surface area contributed by atoms with Gasteiger partial charge in [0.1, 0.15) is 12.2 Å². The van der Waals surface area contributed by atoms with Crippen molar-refractivity contribution in [2.45, 2.75) is 11.4 Å². The van der Waals surface area contributed by atoms with Gasteiger partial charge in [0.2, 0.25) is 10.0 Å². The Morgan fingerprint density at radius 1 is 1.47 bits per heavy atom. The largest absolute Gasteiger partial charge is 0.399 e. The molecule has 0 spiro atoms. The van der Waals surface area contributed by atoms with Crippen LogP contribution in [0.15, 0.2) is 33.9 Å². The summed E-state index contributed by atoms with van der Waals surface area (Å²) in [5.41, 5.74) is 6.06. The number of anilines is 1. The van der Waals surface area contributed by atoms with Crippen molar-refractivity contribution in [1.82, 2.24) is 19.5 Å². The first kappa shape index (κ1) is 14.0. The minimum absolute atomic E-state index is 0.0651. The maximum Gasteiger partial charge on any atom is 0.242 e. The van der Waals surface area contributed by atoms with Crippen molar-refractivity contribution in [3.8, 4) is 0 Å². The van der Waals surface area contributed by atoms with Crippen LogP contribution in [0.2, 0.25) is 0 Å². The second-order valence-electron chi connectivity index (χ2n) is 3.87. The van der Waals surface area contributed by atoms with Crippen molar-refractivity contribution in [3.05, 3.63) is 34.8 Å². The first-order valence-electron chi connectivity index (χ1n) is 5.28. The number of hydrogen-bond donors (Lipinski definition) is 2. The molecule has 0 atom stereocenters. The molecule has 2 aromatic rings. The summed E-state index contributed by atoms with van der Waals surface area (Å²) in [7, 11) is -1.90. The van der Waals surface area contributed by atoms with Gasteiger partial charge >= 0.3 is 0 Å². The summed E-state index contributed by atoms with van der Waals surface area (Å²) in [5, 5.41) is 7.48. The molecule has 0 aliphatic rings. The van der Waals surface area contributed by atoms with E-state index in [2.05, 4.69) is 30.8 Å². The maximum atomic E-state index is 12.1. The maximum absolute atomic E-state index is 12.1. The van der Waals surface area contributed by atoms with Gasteiger partial charge in [0.15, 0.2) is 0 Å². The van der Waals surface area contributed by atoms with E-state index in [1.807, 2.05) is 0 Å². The van der Waals surface area contributed by atoms with Crippen molar-refractivity contribution < 1.29 is 8.42 Å². The quantitative estimate of drug-likeness (QED) is 0.791. The minimum atomic E-state index is -3.63. The highest BCUT2D eigenvalue weighted by Crippen LogP contribution is 2.24. The number of nitrogen functional groups attached to an aromatic ring is 1. The summed E-state index contributed by atoms with van der Waals surface area (Å²) in [6, 6.07) is 4.51. The average Bonchev–Trinajstić information content (AvgIpc) is 2.72. The van der Waals surface area contributed by atoms with Crippen LogP contribution in [0.5, 0.6) is 0 Å². The molecule has 19 heavy (non-hydrogen) atoms. The Morgan fingerprint density at radius 2 is 2.21 bits per heavy atom. The van der Waals surface area contributed by atoms with Crippen LogP contribution in [-0.4, -0.2) is 23.2 Å². The monoisotopic (exact) mass is 345 g/mol. The minimum Gasteiger partial charge on any atom is -0.399 e. The Hall–Kier alpha value is -1.45. The van der Waals surface area contributed by atoms with E-state index in [-0.39, 0.29) is 11.4 Å². The highest BCUT2D eigenvalue weighted by Gasteiger charge is 2.18. The number of hydrogen-bond acceptors (Lipinski definition) is 5. The highest BCUT2D eigenvalue weighted by atomic mass is 79.9. The lowest BCUT2D eigenvalue weighted by molar-refractivity contribution is 0.577. The molecule has 2 rings (SSSR count). The van der Waals surface area contributed by atoms with Gasteiger partial charge in [0, 0.05) is 17.2 Å². The number of aromatic nitrogens is 3. The van der Waals surface area contributed by atoms with Gasteiger partial charge in [0.05, 0.1) is 11.4 Å². The summed E-state index contributed by atoms with van der Waals surface area (Å²) in [6.45, 7) is 0.0651. The Balaban J connectivity index is 2.21. The van der Waals surface area contributed by atoms with Crippen LogP contribution < -0.4 is 10.5 Å². The van der Waals surface area contributed by atoms with Crippen LogP contribution in [0.4, 0.5) is 5.69 Å². The fourth-order valence-corrected chi connectivity index (χ4v) is 3.51. The number of aryl methyl sites for hydroxylation is 1. The molecule has 0 saturated carbocycles. The molecule has 0 radical (unpaired) electrons. The molecular weight excluding hydrogens is 334 g/mol. The third kappa shape index (κ3) is 3.11. The number of sulfonamides is 1. The fourth-order valence-electron chi connectivity index (χ4n) is 1.44. The van der Waals surface area contributed by atoms with Crippen molar-refractivity contribution in [3.63, 3.8) is 0 Å². The van der Waals surface area contributed by atoms with E-state index in [9.17, 15) is 8.42 Å². The van der Waals surface area contributed by atoms with Crippen LogP contribution >= 0.6 is 15.9 Å². The average molecular weight is 346 g/mol. The zero-order chi connectivity index (χ0) is 14.0. The van der Waals surface area contributed by atoms with Crippen LogP contribution in [-0.2, 0) is 23.6 Å². The van der Waals surface area contributed by atoms with Crippen LogP contribution in [0.1, 0.15) is 5.82 Å². The topological polar surface area (TPSA) is 103 Å². The Bertz CT molecular complexity index is 698. The molecule has 9 heteroatoms. The Morgan fingerprint density at radius 3 is 2.79 bits per heavy atom. The molecule has 0 aliphatic carbocycles. The van der Waals surface area contributed by atoms with E-state index in [0.29, 0.717) is 16.0 Å². The van der Waals surface area contributed by atoms with Crippen molar-refractivity contribution >= 4 is 31.6 Å². The summed E-state index contributed by atoms with van der Waals surface area (Å²) in [6.07, 6.45) is 1.50. The second kappa shape index (κ2) is 5.27. The summed E-state index contributed by atoms with van der Waals surface area (Å²) >= 11 is 3.18. The molecule has 0 aliphatic heterocycles. The molecule has 1 aromatic carbocycles. The van der Waals surface area contributed by atoms with Gasteiger partial charge in [-0.2, -0.15) is 0 Å². The third-order valence-corrected chi connectivity index (χ3v) is 4.85. The molecule has 3 N–H and O–H groups in total. The van der Waals surface area contributed by atoms with E-state index >= 15 is 0 Å². The lowest BCUT2D eigenvalue weighted by Gasteiger charge is -2.08. The lowest BCUT2D eigenvalue weighted by Crippen LogP contribution is -2.25. The summed E-state index contributed by atoms with van der Waals surface area (Å²) < 4.78 is 28.8. The molecule has 0 unspecified atom stereocenters. The van der Waals surface area contributed by atoms with E-state index < -0.39 is 10.0 Å². The van der Waals surface area contributed by atoms with Crippen LogP contribution in [0, 0.1) is 0 Å². The number of nitrogens with two attached hydrogens (primary N) is 1. The molecular formula is C10H12BrN5O2S. The van der Waals surface area contributed by atoms with Gasteiger partial charge in [-0.1, -0.05) is 0 Å². The van der Waals surface area contributed by atoms with E-state index in [0.717, 1.165) is 0 Å². The van der Waals surface area contributed by atoms with Gasteiger partial charge < -0.3 is 10.3 Å². The number of benzene rings is 1. The first-order chi connectivity index (χ1) is 8.90. The SMILES string of the molecule is Cn1cnnc1CNS(=O)(=O)c1ccc(N)cc1Br. The van der Waals surface area contributed by atoms with Crippen molar-refractivity contribution in [2.24, 2.45) is 7.05 Å². The number of nitrogens with zero attached hydrogens (tertiary/aromatic N) is 3. The van der Waals surface area contributed by atoms with Crippen molar-refractivity contribution in [1.29, 1.82) is 0 Å². The normalized spacial score (nSPS) is 11.7. The zero-order valence-electron chi connectivity index (χ0n) is 10.0. The van der Waals surface area contributed by atoms with Gasteiger partial charge in [-0.25, -0.2) is 13.1 Å². The molecule has 102 valence electrons. The molecule has 1 heterocycles. The lowest BCUT2D eigenvalue weighted by atomic mass is 10.3. The molecule has 0 saturated heterocycles. The fraction of sp³-hybridized carbons (Fsp3) is 0.200. The molecule has 0 fully saturated rings. The van der Waals surface area contributed by atoms with Gasteiger partial charge in [0.25, 0.3) is 0 Å². The second-order valence-corrected chi connectivity index (χ2v) is 6.46. The van der Waals surface area contributed by atoms with Crippen molar-refractivity contribution in [2.75, 3.05) is 5.73 Å². The van der Waals surface area contributed by atoms with Gasteiger partial charge in [-0.05, 0) is 34.1 Å². The summed E-state index contributed by atoms with van der Waals surface area (Å²) in [4.78, 5) is 0.129. The highest BCUT2D eigenvalue weighted by molar-refractivity contribution is 9.10. The Kier molecular flexibility index (Phi) is 3.88. The Labute approximate surface area is 119 Å². The number of nitrogens with one attached hydrogen (secondary N) is 1. The molecule has 0 bridgehead atoms. The molecule has 0 amide bonds. The van der Waals surface area contributed by atoms with Crippen LogP contribution in [0.25, 0.3) is 0 Å². The smallest absolute Gasteiger partial charge is 0.242 e. The predicted octanol–water partition coefficient (Wildman–Crippen LogP) is 0.638.